The zero-order valence-electron chi connectivity index (χ0n) is 17.4. The first-order valence-corrected chi connectivity index (χ1v) is 9.98. The van der Waals surface area contributed by atoms with Gasteiger partial charge in [-0.15, -0.1) is 0 Å². The average molecular weight is 415 g/mol. The number of benzene rings is 2. The highest BCUT2D eigenvalue weighted by atomic mass is 16.5. The quantitative estimate of drug-likeness (QED) is 0.606. The number of phenolic OH excluding ortho intramolecular Hbond substituents is 1. The van der Waals surface area contributed by atoms with Gasteiger partial charge in [0.2, 0.25) is 5.91 Å². The molecule has 8 heteroatoms. The number of phenols is 1. The summed E-state index contributed by atoms with van der Waals surface area (Å²) < 4.78 is 10.9. The van der Waals surface area contributed by atoms with E-state index in [4.69, 9.17) is 9.47 Å². The first-order valence-electron chi connectivity index (χ1n) is 9.98. The van der Waals surface area contributed by atoms with E-state index >= 15 is 0 Å². The molecule has 0 bridgehead atoms. The van der Waals surface area contributed by atoms with E-state index in [0.29, 0.717) is 23.7 Å². The smallest absolute Gasteiger partial charge is 0.221 e. The van der Waals surface area contributed by atoms with Crippen LogP contribution in [0.25, 0.3) is 0 Å². The molecule has 0 saturated carbocycles. The lowest BCUT2D eigenvalue weighted by atomic mass is 10.2. The van der Waals surface area contributed by atoms with E-state index < -0.39 is 6.10 Å². The maximum Gasteiger partial charge on any atom is 0.221 e. The van der Waals surface area contributed by atoms with Crippen molar-refractivity contribution >= 4 is 17.3 Å². The molecule has 2 aromatic rings. The molecular formula is C22H29N3O5. The summed E-state index contributed by atoms with van der Waals surface area (Å²) in [5.74, 6) is 0.957. The summed E-state index contributed by atoms with van der Waals surface area (Å²) in [7, 11) is 1.54. The second-order valence-electron chi connectivity index (χ2n) is 7.29. The van der Waals surface area contributed by atoms with Crippen LogP contribution in [0.3, 0.4) is 0 Å². The van der Waals surface area contributed by atoms with E-state index in [1.54, 1.807) is 18.2 Å². The summed E-state index contributed by atoms with van der Waals surface area (Å²) >= 11 is 0. The van der Waals surface area contributed by atoms with Gasteiger partial charge in [-0.3, -0.25) is 9.69 Å². The van der Waals surface area contributed by atoms with E-state index in [0.717, 1.165) is 31.9 Å². The van der Waals surface area contributed by atoms with E-state index in [1.807, 2.05) is 24.3 Å². The number of anilines is 2. The standard InChI is InChI=1S/C22H29N3O5/c1-16(26)23-19-5-3-4-6-21(19)30-15-18(27)14-24-9-11-25(12-10-24)17-7-8-20(28)22(13-17)29-2/h3-8,13,18,27-28H,9-12,14-15H2,1-2H3,(H,23,26). The molecular weight excluding hydrogens is 386 g/mol. The van der Waals surface area contributed by atoms with Crippen LogP contribution in [0.2, 0.25) is 0 Å². The van der Waals surface area contributed by atoms with Crippen molar-refractivity contribution in [3.8, 4) is 17.2 Å². The fourth-order valence-electron chi connectivity index (χ4n) is 3.47. The monoisotopic (exact) mass is 415 g/mol. The number of methoxy groups -OCH3 is 1. The number of nitrogens with one attached hydrogen (secondary N) is 1. The van der Waals surface area contributed by atoms with Gasteiger partial charge in [0.25, 0.3) is 0 Å². The van der Waals surface area contributed by atoms with Gasteiger partial charge in [-0.25, -0.2) is 0 Å². The number of aliphatic hydroxyl groups excluding tert-OH is 1. The number of carbonyl (C=O) groups excluding carboxylic acids is 1. The Morgan fingerprint density at radius 3 is 2.57 bits per heavy atom. The molecule has 30 heavy (non-hydrogen) atoms. The van der Waals surface area contributed by atoms with Crippen molar-refractivity contribution in [3.05, 3.63) is 42.5 Å². The van der Waals surface area contributed by atoms with Crippen LogP contribution in [0.1, 0.15) is 6.92 Å². The Kier molecular flexibility index (Phi) is 7.37. The highest BCUT2D eigenvalue weighted by Gasteiger charge is 2.21. The molecule has 1 saturated heterocycles. The molecule has 1 fully saturated rings. The molecule has 162 valence electrons. The van der Waals surface area contributed by atoms with E-state index in [2.05, 4.69) is 15.1 Å². The molecule has 3 rings (SSSR count). The normalized spacial score (nSPS) is 15.5. The average Bonchev–Trinajstić information content (AvgIpc) is 2.74. The van der Waals surface area contributed by atoms with Crippen molar-refractivity contribution in [2.45, 2.75) is 13.0 Å². The van der Waals surface area contributed by atoms with Gasteiger partial charge in [0.05, 0.1) is 12.8 Å². The summed E-state index contributed by atoms with van der Waals surface area (Å²) in [6.45, 7) is 5.34. The number of aromatic hydroxyl groups is 1. The van der Waals surface area contributed by atoms with Gasteiger partial charge >= 0.3 is 0 Å². The van der Waals surface area contributed by atoms with Crippen molar-refractivity contribution in [2.24, 2.45) is 0 Å². The Labute approximate surface area is 176 Å². The lowest BCUT2D eigenvalue weighted by molar-refractivity contribution is -0.114. The minimum Gasteiger partial charge on any atom is -0.504 e. The van der Waals surface area contributed by atoms with E-state index in [-0.39, 0.29) is 18.3 Å². The molecule has 8 nitrogen and oxygen atoms in total. The molecule has 1 unspecified atom stereocenters. The zero-order chi connectivity index (χ0) is 21.5. The number of β-amino-alcohol motifs (C(OH)–C–C–N with tert-alkyl or cyclic N) is 1. The van der Waals surface area contributed by atoms with Gasteiger partial charge in [-0.1, -0.05) is 12.1 Å². The molecule has 0 radical (unpaired) electrons. The molecule has 1 heterocycles. The zero-order valence-corrected chi connectivity index (χ0v) is 17.4. The first-order chi connectivity index (χ1) is 14.5. The fraction of sp³-hybridized carbons (Fsp3) is 0.409. The third-order valence-electron chi connectivity index (χ3n) is 5.00. The van der Waals surface area contributed by atoms with Gasteiger partial charge in [-0.2, -0.15) is 0 Å². The summed E-state index contributed by atoms with van der Waals surface area (Å²) in [5.41, 5.74) is 1.60. The topological polar surface area (TPSA) is 94.5 Å². The third-order valence-corrected chi connectivity index (χ3v) is 5.00. The van der Waals surface area contributed by atoms with E-state index in [1.165, 1.54) is 14.0 Å². The summed E-state index contributed by atoms with van der Waals surface area (Å²) in [5, 5.41) is 22.9. The van der Waals surface area contributed by atoms with Crippen LogP contribution < -0.4 is 19.7 Å². The number of amides is 1. The Bertz CT molecular complexity index is 852. The van der Waals surface area contributed by atoms with Gasteiger partial charge < -0.3 is 29.9 Å². The highest BCUT2D eigenvalue weighted by molar-refractivity contribution is 5.90. The summed E-state index contributed by atoms with van der Waals surface area (Å²) in [6.07, 6.45) is -0.643. The number of hydrogen-bond acceptors (Lipinski definition) is 7. The largest absolute Gasteiger partial charge is 0.504 e. The highest BCUT2D eigenvalue weighted by Crippen LogP contribution is 2.31. The molecule has 0 aliphatic carbocycles. The second kappa shape index (κ2) is 10.2. The van der Waals surface area contributed by atoms with Crippen molar-refractivity contribution < 1.29 is 24.5 Å². The summed E-state index contributed by atoms with van der Waals surface area (Å²) in [6, 6.07) is 12.5. The second-order valence-corrected chi connectivity index (χ2v) is 7.29. The number of nitrogens with zero attached hydrogens (tertiary/aromatic N) is 2. The number of aliphatic hydroxyl groups is 1. The minimum absolute atomic E-state index is 0.128. The van der Waals surface area contributed by atoms with Crippen molar-refractivity contribution in [1.29, 1.82) is 0 Å². The fourth-order valence-corrected chi connectivity index (χ4v) is 3.47. The number of hydrogen-bond donors (Lipinski definition) is 3. The van der Waals surface area contributed by atoms with Gasteiger partial charge in [-0.05, 0) is 24.3 Å². The lowest BCUT2D eigenvalue weighted by Gasteiger charge is -2.37. The van der Waals surface area contributed by atoms with Crippen LogP contribution in [0.5, 0.6) is 17.2 Å². The molecule has 1 amide bonds. The predicted molar refractivity (Wildman–Crippen MR) is 116 cm³/mol. The van der Waals surface area contributed by atoms with Crippen LogP contribution in [0.4, 0.5) is 11.4 Å². The van der Waals surface area contributed by atoms with Crippen LogP contribution >= 0.6 is 0 Å². The maximum absolute atomic E-state index is 11.3. The first kappa shape index (κ1) is 21.7. The molecule has 2 aromatic carbocycles. The maximum atomic E-state index is 11.3. The van der Waals surface area contributed by atoms with Gasteiger partial charge in [0.1, 0.15) is 18.5 Å². The van der Waals surface area contributed by atoms with Crippen LogP contribution in [0, 0.1) is 0 Å². The molecule has 1 aliphatic rings. The minimum atomic E-state index is -0.643. The SMILES string of the molecule is COc1cc(N2CCN(CC(O)COc3ccccc3NC(C)=O)CC2)ccc1O. The van der Waals surface area contributed by atoms with Crippen molar-refractivity contribution in [2.75, 3.05) is 56.7 Å². The van der Waals surface area contributed by atoms with Crippen LogP contribution in [0.15, 0.2) is 42.5 Å². The third kappa shape index (κ3) is 5.77. The van der Waals surface area contributed by atoms with Gasteiger partial charge in [0.15, 0.2) is 11.5 Å². The summed E-state index contributed by atoms with van der Waals surface area (Å²) in [4.78, 5) is 15.7. The van der Waals surface area contributed by atoms with Gasteiger partial charge in [0, 0.05) is 51.4 Å². The van der Waals surface area contributed by atoms with Crippen molar-refractivity contribution in [3.63, 3.8) is 0 Å². The van der Waals surface area contributed by atoms with E-state index in [9.17, 15) is 15.0 Å². The van der Waals surface area contributed by atoms with Crippen molar-refractivity contribution in [1.82, 2.24) is 4.90 Å². The van der Waals surface area contributed by atoms with Crippen LogP contribution in [-0.2, 0) is 4.79 Å². The predicted octanol–water partition coefficient (Wildman–Crippen LogP) is 1.92. The molecule has 0 aromatic heterocycles. The lowest BCUT2D eigenvalue weighted by Crippen LogP contribution is -2.49. The Balaban J connectivity index is 1.47. The molecule has 1 atom stereocenters. The number of piperazine rings is 1. The van der Waals surface area contributed by atoms with Crippen LogP contribution in [-0.4, -0.2) is 73.6 Å². The molecule has 1 aliphatic heterocycles. The molecule has 3 N–H and O–H groups in total. The molecule has 0 spiro atoms. The number of ether oxygens (including phenoxy) is 2. The number of rotatable bonds is 8. The number of para-hydroxylation sites is 2. The Hall–Kier alpha value is -2.97. The number of carbonyl (C=O) groups is 1. The Morgan fingerprint density at radius 1 is 1.13 bits per heavy atom. The Morgan fingerprint density at radius 2 is 1.87 bits per heavy atom.